The van der Waals surface area contributed by atoms with Gasteiger partial charge in [0.15, 0.2) is 0 Å². The maximum absolute atomic E-state index is 6.16. The molecule has 0 saturated carbocycles. The molecule has 1 unspecified atom stereocenters. The second-order valence-corrected chi connectivity index (χ2v) is 6.96. The van der Waals surface area contributed by atoms with Crippen LogP contribution in [-0.2, 0) is 6.54 Å². The van der Waals surface area contributed by atoms with Gasteiger partial charge in [0, 0.05) is 27.0 Å². The summed E-state index contributed by atoms with van der Waals surface area (Å²) in [4.78, 5) is 1.20. The predicted molar refractivity (Wildman–Crippen MR) is 83.7 cm³/mol. The molecule has 2 aromatic rings. The van der Waals surface area contributed by atoms with Crippen molar-refractivity contribution in [2.75, 3.05) is 0 Å². The Morgan fingerprint density at radius 1 is 1.33 bits per heavy atom. The Morgan fingerprint density at radius 2 is 2.06 bits per heavy atom. The first kappa shape index (κ1) is 14.4. The standard InChI is InChI=1S/C13H12BrCl2NS/c1-8(10-4-2-3-5-12(10)15)17-7-9-6-11(14)13(16)18-9/h2-6,8,17H,7H2,1H3. The molecule has 0 amide bonds. The maximum atomic E-state index is 6.16. The van der Waals surface area contributed by atoms with Gasteiger partial charge in [0.1, 0.15) is 4.34 Å². The summed E-state index contributed by atoms with van der Waals surface area (Å²) in [6.45, 7) is 2.88. The van der Waals surface area contributed by atoms with Gasteiger partial charge in [-0.15, -0.1) is 11.3 Å². The summed E-state index contributed by atoms with van der Waals surface area (Å²) in [5.74, 6) is 0. The van der Waals surface area contributed by atoms with Crippen LogP contribution in [0.5, 0.6) is 0 Å². The van der Waals surface area contributed by atoms with E-state index in [1.165, 1.54) is 4.88 Å². The van der Waals surface area contributed by atoms with E-state index in [0.29, 0.717) is 0 Å². The number of benzene rings is 1. The third-order valence-electron chi connectivity index (χ3n) is 2.65. The third-order valence-corrected chi connectivity index (χ3v) is 5.47. The number of rotatable bonds is 4. The average Bonchev–Trinajstić information content (AvgIpc) is 2.66. The Morgan fingerprint density at radius 3 is 2.67 bits per heavy atom. The highest BCUT2D eigenvalue weighted by Gasteiger charge is 2.10. The lowest BCUT2D eigenvalue weighted by Gasteiger charge is -2.14. The lowest BCUT2D eigenvalue weighted by Crippen LogP contribution is -2.17. The van der Waals surface area contributed by atoms with Gasteiger partial charge in [-0.1, -0.05) is 41.4 Å². The van der Waals surface area contributed by atoms with Crippen LogP contribution in [0.2, 0.25) is 9.36 Å². The monoisotopic (exact) mass is 363 g/mol. The van der Waals surface area contributed by atoms with E-state index >= 15 is 0 Å². The number of nitrogens with one attached hydrogen (secondary N) is 1. The minimum absolute atomic E-state index is 0.207. The molecule has 1 atom stereocenters. The molecule has 18 heavy (non-hydrogen) atoms. The van der Waals surface area contributed by atoms with Crippen LogP contribution in [0.3, 0.4) is 0 Å². The summed E-state index contributed by atoms with van der Waals surface area (Å²) in [5.41, 5.74) is 1.11. The van der Waals surface area contributed by atoms with Crippen molar-refractivity contribution in [1.82, 2.24) is 5.32 Å². The van der Waals surface area contributed by atoms with Gasteiger partial charge in [-0.25, -0.2) is 0 Å². The third kappa shape index (κ3) is 3.49. The van der Waals surface area contributed by atoms with Crippen LogP contribution in [0, 0.1) is 0 Å². The molecular formula is C13H12BrCl2NS. The molecule has 0 aliphatic rings. The summed E-state index contributed by atoms with van der Waals surface area (Å²) < 4.78 is 1.74. The van der Waals surface area contributed by atoms with Crippen molar-refractivity contribution in [2.24, 2.45) is 0 Å². The van der Waals surface area contributed by atoms with Gasteiger partial charge >= 0.3 is 0 Å². The van der Waals surface area contributed by atoms with E-state index < -0.39 is 0 Å². The molecule has 0 fully saturated rings. The number of hydrogen-bond donors (Lipinski definition) is 1. The van der Waals surface area contributed by atoms with E-state index in [-0.39, 0.29) is 6.04 Å². The molecule has 0 saturated heterocycles. The van der Waals surface area contributed by atoms with E-state index in [1.54, 1.807) is 11.3 Å². The van der Waals surface area contributed by atoms with E-state index in [4.69, 9.17) is 23.2 Å². The molecule has 0 bridgehead atoms. The van der Waals surface area contributed by atoms with Crippen LogP contribution in [0.15, 0.2) is 34.8 Å². The van der Waals surface area contributed by atoms with Gasteiger partial charge in [-0.3, -0.25) is 0 Å². The zero-order valence-corrected chi connectivity index (χ0v) is 13.6. The van der Waals surface area contributed by atoms with E-state index in [9.17, 15) is 0 Å². The van der Waals surface area contributed by atoms with E-state index in [1.807, 2.05) is 30.3 Å². The van der Waals surface area contributed by atoms with Crippen molar-refractivity contribution in [3.63, 3.8) is 0 Å². The van der Waals surface area contributed by atoms with Crippen LogP contribution in [0.25, 0.3) is 0 Å². The molecule has 1 heterocycles. The van der Waals surface area contributed by atoms with Crippen LogP contribution in [0.4, 0.5) is 0 Å². The van der Waals surface area contributed by atoms with Crippen LogP contribution in [0.1, 0.15) is 23.4 Å². The quantitative estimate of drug-likeness (QED) is 0.737. The minimum atomic E-state index is 0.207. The SMILES string of the molecule is CC(NCc1cc(Br)c(Cl)s1)c1ccccc1Cl. The highest BCUT2D eigenvalue weighted by molar-refractivity contribution is 9.10. The summed E-state index contributed by atoms with van der Waals surface area (Å²) in [5, 5.41) is 4.24. The smallest absolute Gasteiger partial charge is 0.107 e. The van der Waals surface area contributed by atoms with Gasteiger partial charge in [0.05, 0.1) is 0 Å². The highest BCUT2D eigenvalue weighted by atomic mass is 79.9. The zero-order chi connectivity index (χ0) is 13.1. The lowest BCUT2D eigenvalue weighted by molar-refractivity contribution is 0.579. The summed E-state index contributed by atoms with van der Waals surface area (Å²) >= 11 is 17.2. The van der Waals surface area contributed by atoms with Crippen molar-refractivity contribution in [3.8, 4) is 0 Å². The van der Waals surface area contributed by atoms with Crippen LogP contribution < -0.4 is 5.32 Å². The molecule has 1 N–H and O–H groups in total. The van der Waals surface area contributed by atoms with Crippen molar-refractivity contribution >= 4 is 50.5 Å². The fraction of sp³-hybridized carbons (Fsp3) is 0.231. The van der Waals surface area contributed by atoms with E-state index in [0.717, 1.165) is 25.9 Å². The molecule has 2 rings (SSSR count). The molecule has 0 aliphatic heterocycles. The Bertz CT molecular complexity index is 522. The largest absolute Gasteiger partial charge is 0.305 e. The fourth-order valence-electron chi connectivity index (χ4n) is 1.67. The first-order valence-electron chi connectivity index (χ1n) is 5.49. The molecule has 96 valence electrons. The Hall–Kier alpha value is -0.0600. The highest BCUT2D eigenvalue weighted by Crippen LogP contribution is 2.32. The van der Waals surface area contributed by atoms with E-state index in [2.05, 4.69) is 28.2 Å². The fourth-order valence-corrected chi connectivity index (χ4v) is 3.71. The second kappa shape index (κ2) is 6.40. The normalized spacial score (nSPS) is 12.7. The second-order valence-electron chi connectivity index (χ2n) is 3.96. The van der Waals surface area contributed by atoms with Gasteiger partial charge < -0.3 is 5.32 Å². The molecular weight excluding hydrogens is 353 g/mol. The predicted octanol–water partition coefficient (Wildman–Crippen LogP) is 5.67. The molecule has 5 heteroatoms. The van der Waals surface area contributed by atoms with Crippen molar-refractivity contribution in [3.05, 3.63) is 54.6 Å². The Labute approximate surface area is 129 Å². The van der Waals surface area contributed by atoms with Crippen LogP contribution in [-0.4, -0.2) is 0 Å². The van der Waals surface area contributed by atoms with Gasteiger partial charge in [-0.2, -0.15) is 0 Å². The number of thiophene rings is 1. The molecule has 0 aliphatic carbocycles. The molecule has 0 spiro atoms. The van der Waals surface area contributed by atoms with Crippen LogP contribution >= 0.6 is 50.5 Å². The average molecular weight is 365 g/mol. The van der Waals surface area contributed by atoms with Gasteiger partial charge in [-0.05, 0) is 40.5 Å². The van der Waals surface area contributed by atoms with Crippen molar-refractivity contribution < 1.29 is 0 Å². The Balaban J connectivity index is 2.00. The molecule has 1 nitrogen and oxygen atoms in total. The summed E-state index contributed by atoms with van der Waals surface area (Å²) in [7, 11) is 0. The van der Waals surface area contributed by atoms with Crippen molar-refractivity contribution in [1.29, 1.82) is 0 Å². The Kier molecular flexibility index (Phi) is 5.10. The molecule has 1 aromatic carbocycles. The maximum Gasteiger partial charge on any atom is 0.107 e. The van der Waals surface area contributed by atoms with Crippen molar-refractivity contribution in [2.45, 2.75) is 19.5 Å². The summed E-state index contributed by atoms with van der Waals surface area (Å²) in [6, 6.07) is 10.1. The minimum Gasteiger partial charge on any atom is -0.305 e. The molecule has 0 radical (unpaired) electrons. The number of hydrogen-bond acceptors (Lipinski definition) is 2. The van der Waals surface area contributed by atoms with Gasteiger partial charge in [0.25, 0.3) is 0 Å². The molecule has 1 aromatic heterocycles. The summed E-state index contributed by atoms with van der Waals surface area (Å²) in [6.07, 6.45) is 0. The lowest BCUT2D eigenvalue weighted by atomic mass is 10.1. The number of halogens is 3. The first-order valence-corrected chi connectivity index (χ1v) is 7.86. The first-order chi connectivity index (χ1) is 8.58. The topological polar surface area (TPSA) is 12.0 Å². The van der Waals surface area contributed by atoms with Gasteiger partial charge in [0.2, 0.25) is 0 Å². The zero-order valence-electron chi connectivity index (χ0n) is 9.71.